The van der Waals surface area contributed by atoms with Gasteiger partial charge < -0.3 is 18.9 Å². The van der Waals surface area contributed by atoms with E-state index in [1.54, 1.807) is 0 Å². The number of esters is 2. The topological polar surface area (TPSA) is 107 Å². The summed E-state index contributed by atoms with van der Waals surface area (Å²) in [5.74, 6) is -0.533. The molecule has 3 fully saturated rings. The Labute approximate surface area is 281 Å². The summed E-state index contributed by atoms with van der Waals surface area (Å²) in [6.45, 7) is 16.9. The molecule has 0 amide bonds. The van der Waals surface area contributed by atoms with E-state index in [0.29, 0.717) is 28.1 Å². The van der Waals surface area contributed by atoms with Crippen molar-refractivity contribution >= 4 is 28.8 Å². The summed E-state index contributed by atoms with van der Waals surface area (Å²) in [5.41, 5.74) is -1.53. The van der Waals surface area contributed by atoms with Crippen LogP contribution in [0.15, 0.2) is 0 Å². The van der Waals surface area contributed by atoms with Crippen LogP contribution in [-0.4, -0.2) is 75.9 Å². The van der Waals surface area contributed by atoms with E-state index < -0.39 is 16.8 Å². The lowest BCUT2D eigenvalue weighted by molar-refractivity contribution is -0.321. The average molecular weight is 672 g/mol. The molecule has 0 unspecified atom stereocenters. The van der Waals surface area contributed by atoms with Gasteiger partial charge in [-0.15, -0.1) is 0 Å². The maximum Gasteiger partial charge on any atom is 0.342 e. The normalized spacial score (nSPS) is 28.6. The van der Waals surface area contributed by atoms with Gasteiger partial charge in [-0.3, -0.25) is 4.89 Å². The Morgan fingerprint density at radius 3 is 1.24 bits per heavy atom. The molecule has 3 aliphatic rings. The lowest BCUT2D eigenvalue weighted by atomic mass is 9.87. The van der Waals surface area contributed by atoms with Crippen LogP contribution in [0, 0.1) is 5.92 Å². The summed E-state index contributed by atoms with van der Waals surface area (Å²) < 4.78 is 22.9. The summed E-state index contributed by atoms with van der Waals surface area (Å²) in [7, 11) is 0.256. The van der Waals surface area contributed by atoms with E-state index in [1.165, 1.54) is 0 Å². The first kappa shape index (κ1) is 39.1. The zero-order valence-electron chi connectivity index (χ0n) is 30.2. The second-order valence-corrected chi connectivity index (χ2v) is 19.3. The molecule has 3 rings (SSSR count). The molecule has 0 radical (unpaired) electrons. The summed E-state index contributed by atoms with van der Waals surface area (Å²) in [5, 5.41) is 1.96. The molecule has 0 N–H and O–H groups in total. The molecule has 0 bridgehead atoms. The Hall–Kier alpha value is -1.36. The highest BCUT2D eigenvalue weighted by atomic mass is 32.2. The highest BCUT2D eigenvalue weighted by Crippen LogP contribution is 2.43. The Kier molecular flexibility index (Phi) is 14.7. The fraction of sp³-hybridized carbons (Fsp3) is 0.917. The molecule has 0 atom stereocenters. The van der Waals surface area contributed by atoms with Gasteiger partial charge in [0.05, 0.1) is 18.6 Å². The van der Waals surface area contributed by atoms with Crippen LogP contribution in [0.4, 0.5) is 0 Å². The fourth-order valence-electron chi connectivity index (χ4n) is 6.92. The highest BCUT2D eigenvalue weighted by Gasteiger charge is 2.48. The van der Waals surface area contributed by atoms with Gasteiger partial charge in [-0.05, 0) is 156 Å². The van der Waals surface area contributed by atoms with Crippen LogP contribution < -0.4 is 0 Å². The summed E-state index contributed by atoms with van der Waals surface area (Å²) in [4.78, 5) is 47.2. The second-order valence-electron chi connectivity index (χ2n) is 16.5. The Bertz CT molecular complexity index is 903. The van der Waals surface area contributed by atoms with Crippen LogP contribution in [0.1, 0.15) is 146 Å². The van der Waals surface area contributed by atoms with Crippen LogP contribution in [0.25, 0.3) is 0 Å². The van der Waals surface area contributed by atoms with E-state index in [9.17, 15) is 14.4 Å². The van der Waals surface area contributed by atoms with Crippen molar-refractivity contribution in [3.05, 3.63) is 0 Å². The van der Waals surface area contributed by atoms with E-state index >= 15 is 0 Å². The molecular weight excluding hydrogens is 608 g/mol. The van der Waals surface area contributed by atoms with Gasteiger partial charge in [-0.25, -0.2) is 14.4 Å². The predicted octanol–water partition coefficient (Wildman–Crippen LogP) is 7.17. The number of hydrogen-bond donors (Lipinski definition) is 0. The fourth-order valence-corrected chi connectivity index (χ4v) is 11.0. The third-order valence-electron chi connectivity index (χ3n) is 8.74. The second kappa shape index (κ2) is 17.3. The first-order valence-corrected chi connectivity index (χ1v) is 19.0. The Morgan fingerprint density at radius 2 is 0.891 bits per heavy atom. The van der Waals surface area contributed by atoms with E-state index in [1.807, 2.05) is 62.3 Å². The zero-order valence-corrected chi connectivity index (χ0v) is 31.0. The van der Waals surface area contributed by atoms with Crippen molar-refractivity contribution in [2.75, 3.05) is 13.2 Å². The molecular formula is C36H63O9S+. The number of carbonyl (C=O) groups is 3. The van der Waals surface area contributed by atoms with Crippen LogP contribution >= 0.6 is 0 Å². The Morgan fingerprint density at radius 1 is 0.522 bits per heavy atom. The maximum atomic E-state index is 12.4. The molecule has 0 aromatic heterocycles. The van der Waals surface area contributed by atoms with Crippen LogP contribution in [0.5, 0.6) is 0 Å². The van der Waals surface area contributed by atoms with Crippen LogP contribution in [0.3, 0.4) is 0 Å². The molecule has 3 aliphatic carbocycles. The largest absolute Gasteiger partial charge is 0.458 e. The van der Waals surface area contributed by atoms with Gasteiger partial charge in [0.25, 0.3) is 0 Å². The van der Waals surface area contributed by atoms with E-state index in [-0.39, 0.29) is 54.2 Å². The molecule has 0 spiro atoms. The highest BCUT2D eigenvalue weighted by molar-refractivity contribution is 7.98. The standard InChI is InChI=1S/C36H63O9S/c1-34(2,3)42-32(38)23-40-26-12-18-29(19-13-26)46(28-16-10-25(11-17-28)22-31(37)44-45-36(7,8)9)30-20-14-27(15-21-30)41-24-33(39)43-35(4,5)6/h25-30H,10-24H2,1-9H3/q+1. The number of ether oxygens (including phenoxy) is 4. The molecule has 0 aliphatic heterocycles. The molecule has 266 valence electrons. The third-order valence-corrected chi connectivity index (χ3v) is 12.5. The van der Waals surface area contributed by atoms with Crippen LogP contribution in [0.2, 0.25) is 0 Å². The molecule has 0 heterocycles. The van der Waals surface area contributed by atoms with Crippen molar-refractivity contribution < 1.29 is 43.1 Å². The smallest absolute Gasteiger partial charge is 0.342 e. The molecule has 0 aromatic rings. The van der Waals surface area contributed by atoms with Crippen molar-refractivity contribution in [1.29, 1.82) is 0 Å². The minimum absolute atomic E-state index is 0.0128. The van der Waals surface area contributed by atoms with Gasteiger partial charge in [0.1, 0.15) is 45.8 Å². The lowest BCUT2D eigenvalue weighted by Gasteiger charge is -2.39. The third kappa shape index (κ3) is 14.8. The number of rotatable bonds is 12. The van der Waals surface area contributed by atoms with E-state index in [2.05, 4.69) is 0 Å². The Balaban J connectivity index is 1.55. The van der Waals surface area contributed by atoms with Crippen molar-refractivity contribution in [1.82, 2.24) is 0 Å². The maximum absolute atomic E-state index is 12.4. The van der Waals surface area contributed by atoms with Gasteiger partial charge >= 0.3 is 17.9 Å². The summed E-state index contributed by atoms with van der Waals surface area (Å²) in [6, 6.07) is 0. The van der Waals surface area contributed by atoms with Crippen molar-refractivity contribution in [2.45, 2.75) is 191 Å². The molecule has 0 aromatic carbocycles. The first-order valence-electron chi connectivity index (χ1n) is 17.6. The summed E-state index contributed by atoms with van der Waals surface area (Å²) >= 11 is 0. The quantitative estimate of drug-likeness (QED) is 0.0924. The van der Waals surface area contributed by atoms with Gasteiger partial charge in [0, 0.05) is 0 Å². The first-order chi connectivity index (χ1) is 21.4. The van der Waals surface area contributed by atoms with Crippen LogP contribution in [-0.2, 0) is 54.0 Å². The molecule has 10 heteroatoms. The average Bonchev–Trinajstić information content (AvgIpc) is 2.94. The van der Waals surface area contributed by atoms with Gasteiger partial charge in [0.2, 0.25) is 0 Å². The monoisotopic (exact) mass is 671 g/mol. The van der Waals surface area contributed by atoms with Gasteiger partial charge in [-0.2, -0.15) is 4.89 Å². The van der Waals surface area contributed by atoms with Gasteiger partial charge in [-0.1, -0.05) is 0 Å². The minimum Gasteiger partial charge on any atom is -0.458 e. The lowest BCUT2D eigenvalue weighted by Crippen LogP contribution is -2.46. The van der Waals surface area contributed by atoms with Crippen molar-refractivity contribution in [3.8, 4) is 0 Å². The SMILES string of the molecule is CC(C)(C)OOC(=O)CC1CCC([S+](C2CCC(OCC(=O)OC(C)(C)C)CC2)C2CCC(OCC(=O)OC(C)(C)C)CC2)CC1. The van der Waals surface area contributed by atoms with E-state index in [0.717, 1.165) is 77.0 Å². The number of hydrogen-bond acceptors (Lipinski definition) is 9. The molecule has 9 nitrogen and oxygen atoms in total. The zero-order chi connectivity index (χ0) is 34.1. The molecule has 0 saturated heterocycles. The van der Waals surface area contributed by atoms with Crippen molar-refractivity contribution in [3.63, 3.8) is 0 Å². The number of carbonyl (C=O) groups excluding carboxylic acids is 3. The summed E-state index contributed by atoms with van der Waals surface area (Å²) in [6.07, 6.45) is 13.4. The van der Waals surface area contributed by atoms with Crippen molar-refractivity contribution in [2.24, 2.45) is 5.92 Å². The predicted molar refractivity (Wildman–Crippen MR) is 180 cm³/mol. The van der Waals surface area contributed by atoms with Gasteiger partial charge in [0.15, 0.2) is 0 Å². The minimum atomic E-state index is -0.513. The molecule has 46 heavy (non-hydrogen) atoms. The molecule has 3 saturated carbocycles. The van der Waals surface area contributed by atoms with E-state index in [4.69, 9.17) is 28.7 Å².